The third-order valence-corrected chi connectivity index (χ3v) is 3.00. The lowest BCUT2D eigenvalue weighted by molar-refractivity contribution is -0.138. The Balaban J connectivity index is 2.07. The van der Waals surface area contributed by atoms with Gasteiger partial charge in [-0.3, -0.25) is 4.99 Å². The number of carbonyl (C=O) groups is 1. The Morgan fingerprint density at radius 1 is 1.44 bits per heavy atom. The average molecular weight is 260 g/mol. The highest BCUT2D eigenvalue weighted by Crippen LogP contribution is 2.07. The number of thiazole rings is 1. The van der Waals surface area contributed by atoms with Crippen molar-refractivity contribution in [1.29, 1.82) is 0 Å². The van der Waals surface area contributed by atoms with Crippen molar-refractivity contribution in [3.8, 4) is 0 Å². The molecule has 5 heteroatoms. The molecule has 1 unspecified atom stereocenters. The van der Waals surface area contributed by atoms with Crippen molar-refractivity contribution in [3.63, 3.8) is 0 Å². The predicted molar refractivity (Wildman–Crippen MR) is 71.3 cm³/mol. The Morgan fingerprint density at radius 2 is 2.22 bits per heavy atom. The summed E-state index contributed by atoms with van der Waals surface area (Å²) in [6.07, 6.45) is 1.90. The average Bonchev–Trinajstić information content (AvgIpc) is 2.88. The van der Waals surface area contributed by atoms with Crippen molar-refractivity contribution >= 4 is 23.5 Å². The Morgan fingerprint density at radius 3 is 2.83 bits per heavy atom. The lowest BCUT2D eigenvalue weighted by Gasteiger charge is -2.06. The van der Waals surface area contributed by atoms with Crippen molar-refractivity contribution in [2.75, 3.05) is 0 Å². The summed E-state index contributed by atoms with van der Waals surface area (Å²) < 4.78 is 0. The van der Waals surface area contributed by atoms with Crippen LogP contribution in [-0.4, -0.2) is 28.3 Å². The van der Waals surface area contributed by atoms with Gasteiger partial charge in [0.25, 0.3) is 0 Å². The van der Waals surface area contributed by atoms with Crippen LogP contribution < -0.4 is 0 Å². The second-order valence-corrected chi connectivity index (χ2v) is 4.45. The fourth-order valence-corrected chi connectivity index (χ4v) is 2.00. The van der Waals surface area contributed by atoms with Crippen LogP contribution in [0.1, 0.15) is 11.3 Å². The molecule has 1 atom stereocenters. The first-order chi connectivity index (χ1) is 8.75. The summed E-state index contributed by atoms with van der Waals surface area (Å²) in [5, 5.41) is 11.0. The summed E-state index contributed by atoms with van der Waals surface area (Å²) in [6, 6.07) is 8.70. The number of rotatable bonds is 5. The van der Waals surface area contributed by atoms with Gasteiger partial charge in [-0.2, -0.15) is 0 Å². The Bertz CT molecular complexity index is 523. The molecule has 4 nitrogen and oxygen atoms in total. The minimum Gasteiger partial charge on any atom is -0.480 e. The van der Waals surface area contributed by atoms with E-state index in [9.17, 15) is 4.79 Å². The molecule has 0 saturated carbocycles. The topological polar surface area (TPSA) is 62.5 Å². The first kappa shape index (κ1) is 12.4. The van der Waals surface area contributed by atoms with Crippen LogP contribution in [0.3, 0.4) is 0 Å². The van der Waals surface area contributed by atoms with Gasteiger partial charge in [-0.1, -0.05) is 30.3 Å². The van der Waals surface area contributed by atoms with E-state index in [-0.39, 0.29) is 0 Å². The normalized spacial score (nSPS) is 12.7. The second kappa shape index (κ2) is 6.07. The van der Waals surface area contributed by atoms with Gasteiger partial charge in [-0.05, 0) is 5.56 Å². The zero-order valence-corrected chi connectivity index (χ0v) is 10.4. The maximum absolute atomic E-state index is 11.1. The van der Waals surface area contributed by atoms with Gasteiger partial charge < -0.3 is 5.11 Å². The fourth-order valence-electron chi connectivity index (χ4n) is 1.49. The summed E-state index contributed by atoms with van der Waals surface area (Å²) in [7, 11) is 0. The van der Waals surface area contributed by atoms with Crippen LogP contribution in [0, 0.1) is 0 Å². The fraction of sp³-hybridized carbons (Fsp3) is 0.154. The van der Waals surface area contributed by atoms with Gasteiger partial charge in [-0.15, -0.1) is 11.3 Å². The maximum atomic E-state index is 11.1. The van der Waals surface area contributed by atoms with E-state index in [2.05, 4.69) is 9.98 Å². The van der Waals surface area contributed by atoms with E-state index in [0.717, 1.165) is 5.56 Å². The van der Waals surface area contributed by atoms with E-state index in [1.165, 1.54) is 17.6 Å². The van der Waals surface area contributed by atoms with Crippen LogP contribution in [0.2, 0.25) is 0 Å². The van der Waals surface area contributed by atoms with Gasteiger partial charge in [-0.25, -0.2) is 9.78 Å². The Kier molecular flexibility index (Phi) is 4.20. The molecule has 1 heterocycles. The van der Waals surface area contributed by atoms with E-state index >= 15 is 0 Å². The van der Waals surface area contributed by atoms with Crippen molar-refractivity contribution in [3.05, 3.63) is 52.5 Å². The quantitative estimate of drug-likeness (QED) is 0.839. The van der Waals surface area contributed by atoms with Crippen LogP contribution >= 0.6 is 11.3 Å². The highest BCUT2D eigenvalue weighted by molar-refractivity contribution is 7.07. The molecule has 2 rings (SSSR count). The molecule has 0 radical (unpaired) electrons. The molecule has 0 aliphatic carbocycles. The van der Waals surface area contributed by atoms with Crippen molar-refractivity contribution in [2.24, 2.45) is 4.99 Å². The van der Waals surface area contributed by atoms with Crippen molar-refractivity contribution in [1.82, 2.24) is 4.98 Å². The molecule has 1 aromatic heterocycles. The zero-order chi connectivity index (χ0) is 12.8. The summed E-state index contributed by atoms with van der Waals surface area (Å²) in [6.45, 7) is 0. The Labute approximate surface area is 109 Å². The molecule has 92 valence electrons. The molecule has 0 saturated heterocycles. The van der Waals surface area contributed by atoms with Crippen LogP contribution in [0.15, 0.2) is 46.2 Å². The second-order valence-electron chi connectivity index (χ2n) is 3.74. The monoisotopic (exact) mass is 260 g/mol. The van der Waals surface area contributed by atoms with E-state index in [4.69, 9.17) is 5.11 Å². The summed E-state index contributed by atoms with van der Waals surface area (Å²) >= 11 is 1.45. The minimum absolute atomic E-state index is 0.386. The van der Waals surface area contributed by atoms with Crippen LogP contribution in [0.5, 0.6) is 0 Å². The molecular weight excluding hydrogens is 248 g/mol. The van der Waals surface area contributed by atoms with Gasteiger partial charge in [0.05, 0.1) is 11.2 Å². The van der Waals surface area contributed by atoms with Crippen molar-refractivity contribution in [2.45, 2.75) is 12.5 Å². The third kappa shape index (κ3) is 3.49. The van der Waals surface area contributed by atoms with Gasteiger partial charge in [0.1, 0.15) is 0 Å². The number of carboxylic acid groups (broad SMARTS) is 1. The number of aromatic nitrogens is 1. The largest absolute Gasteiger partial charge is 0.480 e. The van der Waals surface area contributed by atoms with Gasteiger partial charge in [0, 0.05) is 18.0 Å². The van der Waals surface area contributed by atoms with Gasteiger partial charge >= 0.3 is 5.97 Å². The highest BCUT2D eigenvalue weighted by Gasteiger charge is 2.15. The molecule has 0 aliphatic heterocycles. The number of aliphatic imine (C=N–C) groups is 1. The van der Waals surface area contributed by atoms with E-state index < -0.39 is 12.0 Å². The minimum atomic E-state index is -0.926. The number of benzene rings is 1. The summed E-state index contributed by atoms with van der Waals surface area (Å²) in [5.41, 5.74) is 3.34. The highest BCUT2D eigenvalue weighted by atomic mass is 32.1. The molecule has 0 amide bonds. The van der Waals surface area contributed by atoms with Gasteiger partial charge in [0.15, 0.2) is 6.04 Å². The standard InChI is InChI=1S/C13H12N2O2S/c16-13(17)12(6-10-4-2-1-3-5-10)14-7-11-8-18-9-15-11/h1-5,7-9,12H,6H2,(H,16,17). The van der Waals surface area contributed by atoms with Crippen LogP contribution in [-0.2, 0) is 11.2 Å². The SMILES string of the molecule is O=C(O)C(Cc1ccccc1)N=Cc1cscn1. The number of aliphatic carboxylic acids is 1. The first-order valence-electron chi connectivity index (χ1n) is 5.44. The number of carboxylic acids is 1. The van der Waals surface area contributed by atoms with Crippen LogP contribution in [0.4, 0.5) is 0 Å². The van der Waals surface area contributed by atoms with Crippen LogP contribution in [0.25, 0.3) is 0 Å². The van der Waals surface area contributed by atoms with Gasteiger partial charge in [0.2, 0.25) is 0 Å². The molecule has 2 aromatic rings. The molecule has 1 N–H and O–H groups in total. The predicted octanol–water partition coefficient (Wildman–Crippen LogP) is 2.26. The smallest absolute Gasteiger partial charge is 0.328 e. The van der Waals surface area contributed by atoms with E-state index in [1.54, 1.807) is 5.51 Å². The molecule has 0 fully saturated rings. The lowest BCUT2D eigenvalue weighted by Crippen LogP contribution is -2.20. The molecular formula is C13H12N2O2S. The molecule has 1 aromatic carbocycles. The molecule has 0 aliphatic rings. The van der Waals surface area contributed by atoms with E-state index in [0.29, 0.717) is 12.1 Å². The number of hydrogen-bond acceptors (Lipinski definition) is 4. The summed E-state index contributed by atoms with van der Waals surface area (Å²) in [5.74, 6) is -0.926. The van der Waals surface area contributed by atoms with E-state index in [1.807, 2.05) is 35.7 Å². The summed E-state index contributed by atoms with van der Waals surface area (Å²) in [4.78, 5) is 19.2. The third-order valence-electron chi connectivity index (χ3n) is 2.40. The first-order valence-corrected chi connectivity index (χ1v) is 6.38. The number of hydrogen-bond donors (Lipinski definition) is 1. The maximum Gasteiger partial charge on any atom is 0.328 e. The lowest BCUT2D eigenvalue weighted by atomic mass is 10.1. The Hall–Kier alpha value is -2.01. The zero-order valence-electron chi connectivity index (χ0n) is 9.56. The number of nitrogens with zero attached hydrogens (tertiary/aromatic N) is 2. The molecule has 18 heavy (non-hydrogen) atoms. The van der Waals surface area contributed by atoms with Crippen molar-refractivity contribution < 1.29 is 9.90 Å². The molecule has 0 spiro atoms. The molecule has 0 bridgehead atoms.